The van der Waals surface area contributed by atoms with Crippen LogP contribution in [0.4, 0.5) is 0 Å². The molecule has 0 spiro atoms. The van der Waals surface area contributed by atoms with E-state index in [1.54, 1.807) is 0 Å². The summed E-state index contributed by atoms with van der Waals surface area (Å²) in [6, 6.07) is 30.1. The van der Waals surface area contributed by atoms with Crippen molar-refractivity contribution in [3.63, 3.8) is 0 Å². The van der Waals surface area contributed by atoms with Crippen LogP contribution in [0.2, 0.25) is 0 Å². The number of hydrogen-bond donors (Lipinski definition) is 2. The van der Waals surface area contributed by atoms with E-state index in [-0.39, 0.29) is 5.91 Å². The molecule has 0 unspecified atom stereocenters. The number of nitrogens with zero attached hydrogens (tertiary/aromatic N) is 2. The van der Waals surface area contributed by atoms with Gasteiger partial charge in [-0.3, -0.25) is 4.79 Å². The summed E-state index contributed by atoms with van der Waals surface area (Å²) in [5, 5.41) is 3.01. The lowest BCUT2D eigenvalue weighted by molar-refractivity contribution is -0.120. The van der Waals surface area contributed by atoms with Gasteiger partial charge in [0.05, 0.1) is 12.1 Å². The Morgan fingerprint density at radius 1 is 0.879 bits per heavy atom. The van der Waals surface area contributed by atoms with Crippen molar-refractivity contribution in [1.82, 2.24) is 10.2 Å². The summed E-state index contributed by atoms with van der Waals surface area (Å²) >= 11 is 0. The molecule has 3 N–H and O–H groups in total. The molecule has 0 aliphatic carbocycles. The van der Waals surface area contributed by atoms with Crippen LogP contribution in [0.5, 0.6) is 0 Å². The highest BCUT2D eigenvalue weighted by Crippen LogP contribution is 2.44. The number of carbonyl (C=O) groups excluding carboxylic acids is 1. The average molecular weight is 439 g/mol. The van der Waals surface area contributed by atoms with Gasteiger partial charge in [-0.15, -0.1) is 0 Å². The predicted octanol–water partition coefficient (Wildman–Crippen LogP) is 4.21. The van der Waals surface area contributed by atoms with Crippen LogP contribution in [0.3, 0.4) is 0 Å². The van der Waals surface area contributed by atoms with Crippen LogP contribution in [0.1, 0.15) is 29.5 Å². The standard InChI is InChI=1S/C28H30N4O/c1-22-28(24-15-7-3-8-16-24,25-17-9-4-10-18-25)31-27(29)32(22)20-12-11-19-30-26(33)21-23-13-5-2-6-14-23/h2-10,13-18H,1,11-12,19-21H2,(H2,29,31)(H,30,33). The Morgan fingerprint density at radius 2 is 1.42 bits per heavy atom. The second-order valence-electron chi connectivity index (χ2n) is 8.23. The van der Waals surface area contributed by atoms with Gasteiger partial charge < -0.3 is 16.0 Å². The van der Waals surface area contributed by atoms with Crippen LogP contribution in [0.25, 0.3) is 0 Å². The minimum atomic E-state index is -0.726. The van der Waals surface area contributed by atoms with E-state index in [0.717, 1.165) is 35.2 Å². The van der Waals surface area contributed by atoms with Crippen molar-refractivity contribution in [3.8, 4) is 0 Å². The quantitative estimate of drug-likeness (QED) is 0.492. The summed E-state index contributed by atoms with van der Waals surface area (Å²) in [6.45, 7) is 5.76. The van der Waals surface area contributed by atoms with Gasteiger partial charge in [-0.05, 0) is 29.5 Å². The summed E-state index contributed by atoms with van der Waals surface area (Å²) in [5.41, 5.74) is 9.64. The largest absolute Gasteiger partial charge is 0.369 e. The number of guanidine groups is 1. The van der Waals surface area contributed by atoms with Crippen LogP contribution in [0, 0.1) is 0 Å². The summed E-state index contributed by atoms with van der Waals surface area (Å²) in [6.07, 6.45) is 2.11. The first-order valence-electron chi connectivity index (χ1n) is 11.3. The Balaban J connectivity index is 1.37. The van der Waals surface area contributed by atoms with Crippen molar-refractivity contribution in [3.05, 3.63) is 120 Å². The molecule has 1 aliphatic rings. The molecular formula is C28H30N4O. The lowest BCUT2D eigenvalue weighted by Crippen LogP contribution is -2.36. The number of nitrogens with two attached hydrogens (primary N) is 1. The summed E-state index contributed by atoms with van der Waals surface area (Å²) in [5.74, 6) is 0.515. The van der Waals surface area contributed by atoms with Crippen molar-refractivity contribution >= 4 is 11.9 Å². The fourth-order valence-electron chi connectivity index (χ4n) is 4.33. The Hall–Kier alpha value is -3.86. The zero-order valence-corrected chi connectivity index (χ0v) is 18.8. The molecular weight excluding hydrogens is 408 g/mol. The average Bonchev–Trinajstić information content (AvgIpc) is 3.11. The molecule has 5 heteroatoms. The fraction of sp³-hybridized carbons (Fsp3) is 0.214. The van der Waals surface area contributed by atoms with Crippen molar-refractivity contribution in [2.45, 2.75) is 24.8 Å². The summed E-state index contributed by atoms with van der Waals surface area (Å²) in [7, 11) is 0. The van der Waals surface area contributed by atoms with Crippen LogP contribution >= 0.6 is 0 Å². The van der Waals surface area contributed by atoms with Crippen LogP contribution in [0.15, 0.2) is 108 Å². The number of rotatable bonds is 9. The van der Waals surface area contributed by atoms with Gasteiger partial charge in [-0.2, -0.15) is 0 Å². The molecule has 0 saturated heterocycles. The van der Waals surface area contributed by atoms with Crippen LogP contribution < -0.4 is 11.1 Å². The first kappa shape index (κ1) is 22.3. The molecule has 0 radical (unpaired) electrons. The van der Waals surface area contributed by atoms with E-state index in [1.165, 1.54) is 0 Å². The van der Waals surface area contributed by atoms with E-state index in [0.29, 0.717) is 25.5 Å². The molecule has 1 aliphatic heterocycles. The second kappa shape index (κ2) is 10.2. The van der Waals surface area contributed by atoms with Crippen molar-refractivity contribution < 1.29 is 4.79 Å². The number of hydrogen-bond acceptors (Lipinski definition) is 4. The van der Waals surface area contributed by atoms with Gasteiger partial charge in [0, 0.05) is 13.1 Å². The fourth-order valence-corrected chi connectivity index (χ4v) is 4.33. The first-order valence-corrected chi connectivity index (χ1v) is 11.3. The molecule has 3 aromatic carbocycles. The maximum Gasteiger partial charge on any atom is 0.224 e. The molecule has 0 bridgehead atoms. The number of amides is 1. The topological polar surface area (TPSA) is 70.7 Å². The Kier molecular flexibility index (Phi) is 6.89. The highest BCUT2D eigenvalue weighted by molar-refractivity contribution is 5.85. The Labute approximate surface area is 195 Å². The number of nitrogens with one attached hydrogen (secondary N) is 1. The third kappa shape index (κ3) is 4.82. The van der Waals surface area contributed by atoms with E-state index >= 15 is 0 Å². The van der Waals surface area contributed by atoms with Crippen molar-refractivity contribution in [2.24, 2.45) is 10.7 Å². The lowest BCUT2D eigenvalue weighted by atomic mass is 9.81. The molecule has 0 atom stereocenters. The minimum absolute atomic E-state index is 0.0417. The van der Waals surface area contributed by atoms with E-state index in [2.05, 4.69) is 36.2 Å². The van der Waals surface area contributed by atoms with Crippen LogP contribution in [-0.2, 0) is 16.8 Å². The molecule has 3 aromatic rings. The minimum Gasteiger partial charge on any atom is -0.369 e. The van der Waals surface area contributed by atoms with E-state index < -0.39 is 5.54 Å². The van der Waals surface area contributed by atoms with Gasteiger partial charge in [0.15, 0.2) is 11.5 Å². The van der Waals surface area contributed by atoms with Gasteiger partial charge in [0.1, 0.15) is 0 Å². The predicted molar refractivity (Wildman–Crippen MR) is 134 cm³/mol. The molecule has 0 saturated carbocycles. The normalized spacial score (nSPS) is 14.7. The van der Waals surface area contributed by atoms with E-state index in [9.17, 15) is 4.79 Å². The molecule has 33 heavy (non-hydrogen) atoms. The summed E-state index contributed by atoms with van der Waals surface area (Å²) in [4.78, 5) is 19.1. The maximum atomic E-state index is 12.2. The van der Waals surface area contributed by atoms with Crippen molar-refractivity contribution in [1.29, 1.82) is 0 Å². The lowest BCUT2D eigenvalue weighted by Gasteiger charge is -2.31. The Bertz CT molecular complexity index is 1070. The first-order chi connectivity index (χ1) is 16.1. The maximum absolute atomic E-state index is 12.2. The monoisotopic (exact) mass is 438 g/mol. The Morgan fingerprint density at radius 3 is 2.00 bits per heavy atom. The molecule has 4 rings (SSSR count). The van der Waals surface area contributed by atoms with E-state index in [1.807, 2.05) is 71.6 Å². The molecule has 1 heterocycles. The zero-order chi connectivity index (χ0) is 23.1. The van der Waals surface area contributed by atoms with Gasteiger partial charge in [0.25, 0.3) is 0 Å². The second-order valence-corrected chi connectivity index (χ2v) is 8.23. The summed E-state index contributed by atoms with van der Waals surface area (Å²) < 4.78 is 0. The number of carbonyl (C=O) groups is 1. The molecule has 1 amide bonds. The third-order valence-corrected chi connectivity index (χ3v) is 6.02. The smallest absolute Gasteiger partial charge is 0.224 e. The highest BCUT2D eigenvalue weighted by Gasteiger charge is 2.45. The molecule has 0 fully saturated rings. The zero-order valence-electron chi connectivity index (χ0n) is 18.8. The van der Waals surface area contributed by atoms with Gasteiger partial charge in [-0.1, -0.05) is 97.6 Å². The van der Waals surface area contributed by atoms with Crippen molar-refractivity contribution in [2.75, 3.05) is 13.1 Å². The van der Waals surface area contributed by atoms with Gasteiger partial charge in [-0.25, -0.2) is 4.99 Å². The van der Waals surface area contributed by atoms with Gasteiger partial charge >= 0.3 is 0 Å². The molecule has 168 valence electrons. The number of aliphatic imine (C=N–C) groups is 1. The number of unbranched alkanes of at least 4 members (excludes halogenated alkanes) is 1. The van der Waals surface area contributed by atoms with Gasteiger partial charge in [0.2, 0.25) is 5.91 Å². The SMILES string of the molecule is C=C1N(CCCCNC(=O)Cc2ccccc2)C(N)=NC1(c1ccccc1)c1ccccc1. The van der Waals surface area contributed by atoms with Crippen LogP contribution in [-0.4, -0.2) is 29.9 Å². The number of benzene rings is 3. The molecule has 5 nitrogen and oxygen atoms in total. The third-order valence-electron chi connectivity index (χ3n) is 6.02. The van der Waals surface area contributed by atoms with E-state index in [4.69, 9.17) is 10.7 Å². The molecule has 0 aromatic heterocycles. The highest BCUT2D eigenvalue weighted by atomic mass is 16.1.